The second-order valence-corrected chi connectivity index (χ2v) is 10.7. The molecule has 0 aromatic carbocycles. The van der Waals surface area contributed by atoms with Gasteiger partial charge in [0.15, 0.2) is 0 Å². The first kappa shape index (κ1) is 18.0. The number of hydrogen-bond acceptors (Lipinski definition) is 1. The van der Waals surface area contributed by atoms with E-state index in [0.29, 0.717) is 17.8 Å². The zero-order chi connectivity index (χ0) is 18.8. The molecule has 5 aliphatic rings. The van der Waals surface area contributed by atoms with Gasteiger partial charge in [-0.2, -0.15) is 0 Å². The van der Waals surface area contributed by atoms with E-state index in [1.807, 2.05) is 0 Å². The quantitative estimate of drug-likeness (QED) is 0.599. The number of carbonyl (C=O) groups is 1. The molecule has 4 saturated carbocycles. The lowest BCUT2D eigenvalue weighted by molar-refractivity contribution is -0.163. The minimum Gasteiger partial charge on any atom is -0.481 e. The monoisotopic (exact) mass is 368 g/mol. The number of carboxylic acids is 1. The van der Waals surface area contributed by atoms with Crippen molar-refractivity contribution in [3.05, 3.63) is 24.3 Å². The van der Waals surface area contributed by atoms with Crippen molar-refractivity contribution in [2.75, 3.05) is 0 Å². The van der Waals surface area contributed by atoms with Crippen LogP contribution in [0.15, 0.2) is 24.3 Å². The molecule has 0 bridgehead atoms. The van der Waals surface area contributed by atoms with Crippen LogP contribution in [0.3, 0.4) is 0 Å². The molecule has 148 valence electrons. The van der Waals surface area contributed by atoms with E-state index >= 15 is 0 Å². The van der Waals surface area contributed by atoms with E-state index in [-0.39, 0.29) is 0 Å². The molecule has 2 heteroatoms. The highest BCUT2D eigenvalue weighted by atomic mass is 16.4. The van der Waals surface area contributed by atoms with Crippen LogP contribution in [0.4, 0.5) is 0 Å². The molecule has 0 amide bonds. The van der Waals surface area contributed by atoms with E-state index in [1.54, 1.807) is 0 Å². The molecule has 9 atom stereocenters. The average Bonchev–Trinajstić information content (AvgIpc) is 3.09. The first-order chi connectivity index (χ1) is 13.0. The first-order valence-corrected chi connectivity index (χ1v) is 11.6. The molecule has 1 N–H and O–H groups in total. The Bertz CT molecular complexity index is 663. The molecule has 0 aromatic rings. The highest BCUT2D eigenvalue weighted by Gasteiger charge is 2.62. The maximum atomic E-state index is 12.4. The summed E-state index contributed by atoms with van der Waals surface area (Å²) >= 11 is 0. The van der Waals surface area contributed by atoms with Gasteiger partial charge in [0.1, 0.15) is 0 Å². The number of aliphatic carboxylic acids is 1. The summed E-state index contributed by atoms with van der Waals surface area (Å²) in [4.78, 5) is 12.4. The lowest BCUT2D eigenvalue weighted by atomic mass is 9.46. The minimum atomic E-state index is -0.502. The Morgan fingerprint density at radius 2 is 1.52 bits per heavy atom. The third-order valence-corrected chi connectivity index (χ3v) is 9.94. The highest BCUT2D eigenvalue weighted by Crippen LogP contribution is 2.66. The number of carboxylic acid groups (broad SMARTS) is 1. The van der Waals surface area contributed by atoms with Crippen LogP contribution in [0, 0.1) is 52.8 Å². The van der Waals surface area contributed by atoms with Gasteiger partial charge in [0.25, 0.3) is 0 Å². The normalized spacial score (nSPS) is 50.9. The molecule has 27 heavy (non-hydrogen) atoms. The van der Waals surface area contributed by atoms with Crippen molar-refractivity contribution in [3.8, 4) is 0 Å². The second kappa shape index (κ2) is 6.49. The SMILES string of the molecule is C=C(C)C1CCC2(C(=O)O)CCC3C4CCC5CC=CCC5C4CCC3C12. The molecule has 4 fully saturated rings. The lowest BCUT2D eigenvalue weighted by Gasteiger charge is -2.58. The summed E-state index contributed by atoms with van der Waals surface area (Å²) in [7, 11) is 0. The predicted molar refractivity (Wildman–Crippen MR) is 108 cm³/mol. The number of hydrogen-bond donors (Lipinski definition) is 1. The van der Waals surface area contributed by atoms with Crippen LogP contribution in [-0.4, -0.2) is 11.1 Å². The number of rotatable bonds is 2. The Morgan fingerprint density at radius 3 is 2.30 bits per heavy atom. The third-order valence-electron chi connectivity index (χ3n) is 9.94. The van der Waals surface area contributed by atoms with Gasteiger partial charge in [0, 0.05) is 0 Å². The number of allylic oxidation sites excluding steroid dienone is 3. The summed E-state index contributed by atoms with van der Waals surface area (Å²) in [5.74, 6) is 5.36. The molecule has 9 unspecified atom stereocenters. The smallest absolute Gasteiger partial charge is 0.309 e. The zero-order valence-electron chi connectivity index (χ0n) is 16.9. The molecule has 0 aromatic heterocycles. The van der Waals surface area contributed by atoms with Gasteiger partial charge in [0.05, 0.1) is 5.41 Å². The lowest BCUT2D eigenvalue weighted by Crippen LogP contribution is -2.53. The Kier molecular flexibility index (Phi) is 4.33. The van der Waals surface area contributed by atoms with Crippen molar-refractivity contribution in [2.24, 2.45) is 52.8 Å². The van der Waals surface area contributed by atoms with Crippen LogP contribution < -0.4 is 0 Å². The van der Waals surface area contributed by atoms with Crippen LogP contribution in [-0.2, 0) is 4.79 Å². The zero-order valence-corrected chi connectivity index (χ0v) is 16.9. The molecule has 0 radical (unpaired) electrons. The molecular formula is C25H36O2. The van der Waals surface area contributed by atoms with E-state index < -0.39 is 11.4 Å². The van der Waals surface area contributed by atoms with Crippen LogP contribution in [0.1, 0.15) is 71.1 Å². The topological polar surface area (TPSA) is 37.3 Å². The fourth-order valence-corrected chi connectivity index (χ4v) is 8.91. The molecule has 0 heterocycles. The molecular weight excluding hydrogens is 332 g/mol. The van der Waals surface area contributed by atoms with Gasteiger partial charge in [-0.1, -0.05) is 24.3 Å². The van der Waals surface area contributed by atoms with Gasteiger partial charge in [-0.15, -0.1) is 0 Å². The Labute approximate surface area is 164 Å². The predicted octanol–water partition coefficient (Wildman–Crippen LogP) is 6.09. The second-order valence-electron chi connectivity index (χ2n) is 10.7. The van der Waals surface area contributed by atoms with Crippen molar-refractivity contribution in [1.82, 2.24) is 0 Å². The van der Waals surface area contributed by atoms with Crippen LogP contribution in [0.5, 0.6) is 0 Å². The van der Waals surface area contributed by atoms with Gasteiger partial charge in [0.2, 0.25) is 0 Å². The summed E-state index contributed by atoms with van der Waals surface area (Å²) in [5, 5.41) is 10.2. The van der Waals surface area contributed by atoms with Gasteiger partial charge in [-0.3, -0.25) is 4.79 Å². The third kappa shape index (κ3) is 2.54. The van der Waals surface area contributed by atoms with Gasteiger partial charge >= 0.3 is 5.97 Å². The van der Waals surface area contributed by atoms with Crippen molar-refractivity contribution in [3.63, 3.8) is 0 Å². The Balaban J connectivity index is 1.45. The van der Waals surface area contributed by atoms with E-state index in [4.69, 9.17) is 0 Å². The van der Waals surface area contributed by atoms with E-state index in [2.05, 4.69) is 25.7 Å². The van der Waals surface area contributed by atoms with Crippen LogP contribution in [0.2, 0.25) is 0 Å². The fourth-order valence-electron chi connectivity index (χ4n) is 8.91. The minimum absolute atomic E-state index is 0.358. The average molecular weight is 369 g/mol. The van der Waals surface area contributed by atoms with Gasteiger partial charge < -0.3 is 5.11 Å². The van der Waals surface area contributed by atoms with E-state index in [9.17, 15) is 9.90 Å². The van der Waals surface area contributed by atoms with Crippen molar-refractivity contribution < 1.29 is 9.90 Å². The summed E-state index contributed by atoms with van der Waals surface area (Å²) in [6.07, 6.45) is 17.0. The van der Waals surface area contributed by atoms with E-state index in [1.165, 1.54) is 50.5 Å². The van der Waals surface area contributed by atoms with Crippen molar-refractivity contribution in [2.45, 2.75) is 71.1 Å². The van der Waals surface area contributed by atoms with Crippen LogP contribution in [0.25, 0.3) is 0 Å². The van der Waals surface area contributed by atoms with Crippen LogP contribution >= 0.6 is 0 Å². The van der Waals surface area contributed by atoms with Gasteiger partial charge in [-0.05, 0) is 118 Å². The molecule has 0 saturated heterocycles. The van der Waals surface area contributed by atoms with Crippen molar-refractivity contribution >= 4 is 5.97 Å². The maximum absolute atomic E-state index is 12.4. The summed E-state index contributed by atoms with van der Waals surface area (Å²) in [5.41, 5.74) is 0.801. The number of fused-ring (bicyclic) bond motifs is 7. The van der Waals surface area contributed by atoms with E-state index in [0.717, 1.165) is 48.9 Å². The standard InChI is InChI=1S/C25H36O2/c1-15(2)17-11-13-25(24(26)27)14-12-21-20-8-7-16-5-3-4-6-18(16)19(20)9-10-22(21)23(17)25/h3-4,16-23H,1,5-14H2,2H3,(H,26,27). The highest BCUT2D eigenvalue weighted by molar-refractivity contribution is 5.76. The van der Waals surface area contributed by atoms with Gasteiger partial charge in [-0.25, -0.2) is 0 Å². The fraction of sp³-hybridized carbons (Fsp3) is 0.800. The summed E-state index contributed by atoms with van der Waals surface area (Å²) in [6.45, 7) is 6.44. The van der Waals surface area contributed by atoms with Crippen molar-refractivity contribution in [1.29, 1.82) is 0 Å². The molecule has 5 rings (SSSR count). The summed E-state index contributed by atoms with van der Waals surface area (Å²) in [6, 6.07) is 0. The summed E-state index contributed by atoms with van der Waals surface area (Å²) < 4.78 is 0. The molecule has 2 nitrogen and oxygen atoms in total. The Morgan fingerprint density at radius 1 is 0.889 bits per heavy atom. The largest absolute Gasteiger partial charge is 0.481 e. The Hall–Kier alpha value is -1.05. The maximum Gasteiger partial charge on any atom is 0.309 e. The molecule has 5 aliphatic carbocycles. The molecule has 0 aliphatic heterocycles. The molecule has 0 spiro atoms. The first-order valence-electron chi connectivity index (χ1n) is 11.6.